The van der Waals surface area contributed by atoms with Gasteiger partial charge in [-0.05, 0) is 50.2 Å². The van der Waals surface area contributed by atoms with E-state index in [1.165, 1.54) is 11.3 Å². The van der Waals surface area contributed by atoms with Crippen molar-refractivity contribution in [1.82, 2.24) is 4.98 Å². The van der Waals surface area contributed by atoms with Gasteiger partial charge in [-0.2, -0.15) is 0 Å². The highest BCUT2D eigenvalue weighted by Crippen LogP contribution is 2.36. The third kappa shape index (κ3) is 4.12. The lowest BCUT2D eigenvalue weighted by molar-refractivity contribution is 0.102. The maximum atomic E-state index is 12.7. The van der Waals surface area contributed by atoms with Gasteiger partial charge in [0.1, 0.15) is 0 Å². The Balaban J connectivity index is 1.50. The number of benzene rings is 2. The van der Waals surface area contributed by atoms with Crippen LogP contribution in [0.15, 0.2) is 41.8 Å². The second kappa shape index (κ2) is 8.40. The summed E-state index contributed by atoms with van der Waals surface area (Å²) in [5, 5.41) is 5.23. The molecule has 0 bridgehead atoms. The van der Waals surface area contributed by atoms with Crippen molar-refractivity contribution in [3.63, 3.8) is 0 Å². The van der Waals surface area contributed by atoms with Crippen molar-refractivity contribution in [2.24, 2.45) is 0 Å². The van der Waals surface area contributed by atoms with E-state index in [4.69, 9.17) is 18.9 Å². The third-order valence-corrected chi connectivity index (χ3v) is 4.96. The van der Waals surface area contributed by atoms with E-state index in [1.807, 2.05) is 37.4 Å². The normalized spacial score (nSPS) is 11.9. The molecule has 7 nitrogen and oxygen atoms in total. The number of amides is 1. The molecule has 4 rings (SSSR count). The van der Waals surface area contributed by atoms with Crippen molar-refractivity contribution in [3.8, 4) is 34.3 Å². The Morgan fingerprint density at radius 3 is 2.69 bits per heavy atom. The summed E-state index contributed by atoms with van der Waals surface area (Å²) in [5.41, 5.74) is 2.12. The molecule has 2 heterocycles. The monoisotopic (exact) mass is 412 g/mol. The minimum absolute atomic E-state index is 0.225. The van der Waals surface area contributed by atoms with Gasteiger partial charge in [0.25, 0.3) is 5.91 Å². The number of thiazole rings is 1. The molecular formula is C21H20N2O5S. The standard InChI is InChI=1S/C21H20N2O5S/c1-3-25-16-8-6-14(10-18(16)26-4-2)20(24)23-21-22-15(11-29-21)13-5-7-17-19(9-13)28-12-27-17/h5-11H,3-4,12H2,1-2H3,(H,22,23,24). The lowest BCUT2D eigenvalue weighted by Gasteiger charge is -2.12. The number of anilines is 1. The average Bonchev–Trinajstić information content (AvgIpc) is 3.38. The van der Waals surface area contributed by atoms with Crippen molar-refractivity contribution >= 4 is 22.4 Å². The predicted molar refractivity (Wildman–Crippen MR) is 110 cm³/mol. The zero-order chi connectivity index (χ0) is 20.2. The summed E-state index contributed by atoms with van der Waals surface area (Å²) in [6.45, 7) is 5.01. The zero-order valence-corrected chi connectivity index (χ0v) is 16.9. The van der Waals surface area contributed by atoms with Crippen LogP contribution < -0.4 is 24.3 Å². The largest absolute Gasteiger partial charge is 0.490 e. The number of aromatic nitrogens is 1. The van der Waals surface area contributed by atoms with Gasteiger partial charge in [0.05, 0.1) is 18.9 Å². The van der Waals surface area contributed by atoms with E-state index in [0.717, 1.165) is 17.0 Å². The highest BCUT2D eigenvalue weighted by atomic mass is 32.1. The quantitative estimate of drug-likeness (QED) is 0.612. The summed E-state index contributed by atoms with van der Waals surface area (Å²) in [7, 11) is 0. The van der Waals surface area contributed by atoms with Crippen LogP contribution in [-0.4, -0.2) is 30.9 Å². The van der Waals surface area contributed by atoms with Gasteiger partial charge in [0, 0.05) is 16.5 Å². The molecular weight excluding hydrogens is 392 g/mol. The van der Waals surface area contributed by atoms with E-state index in [-0.39, 0.29) is 12.7 Å². The van der Waals surface area contributed by atoms with Gasteiger partial charge < -0.3 is 18.9 Å². The molecule has 3 aromatic rings. The summed E-state index contributed by atoms with van der Waals surface area (Å²) in [6, 6.07) is 10.8. The molecule has 29 heavy (non-hydrogen) atoms. The molecule has 0 aliphatic carbocycles. The van der Waals surface area contributed by atoms with Crippen LogP contribution in [0.1, 0.15) is 24.2 Å². The molecule has 0 saturated heterocycles. The van der Waals surface area contributed by atoms with Crippen LogP contribution in [0.25, 0.3) is 11.3 Å². The molecule has 1 N–H and O–H groups in total. The van der Waals surface area contributed by atoms with Crippen molar-refractivity contribution < 1.29 is 23.7 Å². The molecule has 0 unspecified atom stereocenters. The molecule has 0 spiro atoms. The highest BCUT2D eigenvalue weighted by molar-refractivity contribution is 7.14. The van der Waals surface area contributed by atoms with Crippen LogP contribution in [-0.2, 0) is 0 Å². The smallest absolute Gasteiger partial charge is 0.257 e. The van der Waals surface area contributed by atoms with Gasteiger partial charge in [0.15, 0.2) is 28.1 Å². The number of ether oxygens (including phenoxy) is 4. The SMILES string of the molecule is CCOc1ccc(C(=O)Nc2nc(-c3ccc4c(c3)OCO4)cs2)cc1OCC. The third-order valence-electron chi connectivity index (χ3n) is 4.20. The van der Waals surface area contributed by atoms with Crippen LogP contribution in [0.4, 0.5) is 5.13 Å². The molecule has 0 radical (unpaired) electrons. The fourth-order valence-electron chi connectivity index (χ4n) is 2.88. The fraction of sp³-hybridized carbons (Fsp3) is 0.238. The first-order chi connectivity index (χ1) is 14.2. The number of hydrogen-bond acceptors (Lipinski definition) is 7. The number of carbonyl (C=O) groups excluding carboxylic acids is 1. The second-order valence-electron chi connectivity index (χ2n) is 6.09. The predicted octanol–water partition coefficient (Wildman–Crippen LogP) is 4.59. The zero-order valence-electron chi connectivity index (χ0n) is 16.1. The van der Waals surface area contributed by atoms with Gasteiger partial charge in [-0.15, -0.1) is 11.3 Å². The van der Waals surface area contributed by atoms with Crippen molar-refractivity contribution in [2.75, 3.05) is 25.3 Å². The molecule has 1 aliphatic rings. The van der Waals surface area contributed by atoms with E-state index < -0.39 is 0 Å². The van der Waals surface area contributed by atoms with Crippen molar-refractivity contribution in [3.05, 3.63) is 47.3 Å². The van der Waals surface area contributed by atoms with E-state index in [0.29, 0.717) is 41.2 Å². The summed E-state index contributed by atoms with van der Waals surface area (Å²) >= 11 is 1.36. The minimum Gasteiger partial charge on any atom is -0.490 e. The molecule has 8 heteroatoms. The van der Waals surface area contributed by atoms with Gasteiger partial charge >= 0.3 is 0 Å². The number of nitrogens with zero attached hydrogens (tertiary/aromatic N) is 1. The Morgan fingerprint density at radius 2 is 1.86 bits per heavy atom. The fourth-order valence-corrected chi connectivity index (χ4v) is 3.60. The molecule has 1 amide bonds. The Morgan fingerprint density at radius 1 is 1.07 bits per heavy atom. The number of rotatable bonds is 7. The first-order valence-corrected chi connectivity index (χ1v) is 10.1. The topological polar surface area (TPSA) is 78.9 Å². The van der Waals surface area contributed by atoms with Gasteiger partial charge in [-0.1, -0.05) is 0 Å². The Bertz CT molecular complexity index is 1030. The summed E-state index contributed by atoms with van der Waals surface area (Å²) in [6.07, 6.45) is 0. The van der Waals surface area contributed by atoms with Crippen LogP contribution in [0.3, 0.4) is 0 Å². The van der Waals surface area contributed by atoms with E-state index >= 15 is 0 Å². The van der Waals surface area contributed by atoms with Crippen LogP contribution in [0.2, 0.25) is 0 Å². The Kier molecular flexibility index (Phi) is 5.53. The molecule has 1 aliphatic heterocycles. The summed E-state index contributed by atoms with van der Waals surface area (Å²) < 4.78 is 21.9. The molecule has 0 atom stereocenters. The lowest BCUT2D eigenvalue weighted by atomic mass is 10.1. The molecule has 0 saturated carbocycles. The maximum Gasteiger partial charge on any atom is 0.257 e. The van der Waals surface area contributed by atoms with E-state index in [1.54, 1.807) is 18.2 Å². The van der Waals surface area contributed by atoms with E-state index in [9.17, 15) is 4.79 Å². The second-order valence-corrected chi connectivity index (χ2v) is 6.95. The number of fused-ring (bicyclic) bond motifs is 1. The van der Waals surface area contributed by atoms with Crippen LogP contribution in [0.5, 0.6) is 23.0 Å². The Hall–Kier alpha value is -3.26. The first-order valence-electron chi connectivity index (χ1n) is 9.24. The van der Waals surface area contributed by atoms with Crippen molar-refractivity contribution in [2.45, 2.75) is 13.8 Å². The minimum atomic E-state index is -0.263. The summed E-state index contributed by atoms with van der Waals surface area (Å²) in [5.74, 6) is 2.31. The maximum absolute atomic E-state index is 12.7. The van der Waals surface area contributed by atoms with Gasteiger partial charge in [-0.25, -0.2) is 4.98 Å². The van der Waals surface area contributed by atoms with Crippen LogP contribution in [0, 0.1) is 0 Å². The number of carbonyl (C=O) groups is 1. The van der Waals surface area contributed by atoms with Crippen LogP contribution >= 0.6 is 11.3 Å². The average molecular weight is 412 g/mol. The number of hydrogen-bond donors (Lipinski definition) is 1. The van der Waals surface area contributed by atoms with Gasteiger partial charge in [-0.3, -0.25) is 10.1 Å². The van der Waals surface area contributed by atoms with E-state index in [2.05, 4.69) is 10.3 Å². The first kappa shape index (κ1) is 19.1. The summed E-state index contributed by atoms with van der Waals surface area (Å²) in [4.78, 5) is 17.2. The van der Waals surface area contributed by atoms with Gasteiger partial charge in [0.2, 0.25) is 6.79 Å². The molecule has 150 valence electrons. The molecule has 0 fully saturated rings. The molecule has 2 aromatic carbocycles. The van der Waals surface area contributed by atoms with Crippen molar-refractivity contribution in [1.29, 1.82) is 0 Å². The highest BCUT2D eigenvalue weighted by Gasteiger charge is 2.16. The lowest BCUT2D eigenvalue weighted by Crippen LogP contribution is -2.12. The number of nitrogens with one attached hydrogen (secondary N) is 1. The Labute approximate surface area is 172 Å². The molecule has 1 aromatic heterocycles.